The van der Waals surface area contributed by atoms with Crippen molar-refractivity contribution in [2.75, 3.05) is 37.4 Å². The first kappa shape index (κ1) is 26.1. The predicted octanol–water partition coefficient (Wildman–Crippen LogP) is 5.33. The lowest BCUT2D eigenvalue weighted by molar-refractivity contribution is 0.100. The monoisotopic (exact) mass is 533 g/mol. The number of H-pyrrole nitrogens is 1. The van der Waals surface area contributed by atoms with Crippen LogP contribution >= 0.6 is 0 Å². The van der Waals surface area contributed by atoms with Gasteiger partial charge in [0, 0.05) is 25.4 Å². The van der Waals surface area contributed by atoms with Crippen molar-refractivity contribution in [3.8, 4) is 5.75 Å². The first-order chi connectivity index (χ1) is 18.9. The number of carbonyl (C=O) groups is 1. The van der Waals surface area contributed by atoms with Crippen LogP contribution in [0.2, 0.25) is 0 Å². The van der Waals surface area contributed by atoms with Gasteiger partial charge in [0.2, 0.25) is 5.95 Å². The van der Waals surface area contributed by atoms with Gasteiger partial charge in [-0.1, -0.05) is 19.1 Å². The number of halogens is 2. The standard InChI is InChI=1S/C28H29F2N7O2/c1-3-10-37-11-4-5-17(15-37)16-6-7-22(24(12-16)39-2)34-28-35-26-18(8-9-32-26)27(36-28)33-23-14-21(30)20(29)13-19(23)25(31)38/h5-9,12-14H,3-4,10-11,15H2,1-2H3,(H2,31,38)(H3,32,33,34,35,36). The van der Waals surface area contributed by atoms with E-state index in [1.54, 1.807) is 19.4 Å². The lowest BCUT2D eigenvalue weighted by Crippen LogP contribution is -2.30. The quantitative estimate of drug-likeness (QED) is 0.229. The minimum atomic E-state index is -1.18. The van der Waals surface area contributed by atoms with Gasteiger partial charge in [0.05, 0.1) is 29.4 Å². The van der Waals surface area contributed by atoms with Crippen molar-refractivity contribution in [1.82, 2.24) is 19.9 Å². The molecule has 0 bridgehead atoms. The number of fused-ring (bicyclic) bond motifs is 1. The van der Waals surface area contributed by atoms with Crippen molar-refractivity contribution in [2.24, 2.45) is 5.73 Å². The number of primary amides is 1. The zero-order chi connectivity index (χ0) is 27.5. The van der Waals surface area contributed by atoms with Crippen LogP contribution in [-0.2, 0) is 0 Å². The van der Waals surface area contributed by atoms with Crippen LogP contribution in [0.3, 0.4) is 0 Å². The number of amides is 1. The van der Waals surface area contributed by atoms with Crippen LogP contribution in [0.15, 0.2) is 48.7 Å². The van der Waals surface area contributed by atoms with Crippen LogP contribution in [0.5, 0.6) is 5.75 Å². The van der Waals surface area contributed by atoms with Crippen LogP contribution in [-0.4, -0.2) is 52.5 Å². The smallest absolute Gasteiger partial charge is 0.250 e. The Morgan fingerprint density at radius 3 is 2.72 bits per heavy atom. The number of nitrogens with two attached hydrogens (primary N) is 1. The number of ether oxygens (including phenoxy) is 1. The first-order valence-electron chi connectivity index (χ1n) is 12.6. The summed E-state index contributed by atoms with van der Waals surface area (Å²) >= 11 is 0. The summed E-state index contributed by atoms with van der Waals surface area (Å²) in [7, 11) is 1.60. The molecule has 1 amide bonds. The Labute approximate surface area is 224 Å². The molecular weight excluding hydrogens is 504 g/mol. The molecule has 1 aliphatic heterocycles. The Bertz CT molecular complexity index is 1570. The third kappa shape index (κ3) is 5.53. The number of aromatic nitrogens is 3. The van der Waals surface area contributed by atoms with E-state index in [1.165, 1.54) is 5.57 Å². The van der Waals surface area contributed by atoms with Crippen molar-refractivity contribution in [3.63, 3.8) is 0 Å². The van der Waals surface area contributed by atoms with Gasteiger partial charge in [-0.05, 0) is 54.8 Å². The number of nitrogens with zero attached hydrogens (tertiary/aromatic N) is 3. The molecule has 202 valence electrons. The van der Waals surface area contributed by atoms with E-state index in [0.717, 1.165) is 50.2 Å². The molecule has 39 heavy (non-hydrogen) atoms. The van der Waals surface area contributed by atoms with E-state index in [-0.39, 0.29) is 23.0 Å². The number of benzene rings is 2. The Kier molecular flexibility index (Phi) is 7.42. The molecule has 0 unspecified atom stereocenters. The summed E-state index contributed by atoms with van der Waals surface area (Å²) in [5.41, 5.74) is 8.63. The lowest BCUT2D eigenvalue weighted by Gasteiger charge is -2.27. The average Bonchev–Trinajstić information content (AvgIpc) is 3.40. The molecule has 4 aromatic rings. The zero-order valence-electron chi connectivity index (χ0n) is 21.6. The molecule has 0 fully saturated rings. The highest BCUT2D eigenvalue weighted by Crippen LogP contribution is 2.33. The molecule has 0 aliphatic carbocycles. The Balaban J connectivity index is 1.46. The van der Waals surface area contributed by atoms with Crippen LogP contribution in [0.1, 0.15) is 35.7 Å². The number of rotatable bonds is 9. The molecule has 2 aromatic heterocycles. The topological polar surface area (TPSA) is 121 Å². The number of carbonyl (C=O) groups excluding carboxylic acids is 1. The molecule has 1 aliphatic rings. The van der Waals surface area contributed by atoms with Crippen LogP contribution in [0, 0.1) is 11.6 Å². The Morgan fingerprint density at radius 2 is 1.95 bits per heavy atom. The van der Waals surface area contributed by atoms with E-state index >= 15 is 0 Å². The van der Waals surface area contributed by atoms with Gasteiger partial charge in [-0.2, -0.15) is 9.97 Å². The summed E-state index contributed by atoms with van der Waals surface area (Å²) in [6.45, 7) is 5.20. The molecule has 0 spiro atoms. The second kappa shape index (κ2) is 11.1. The molecule has 5 rings (SSSR count). The third-order valence-electron chi connectivity index (χ3n) is 6.58. The van der Waals surface area contributed by atoms with Gasteiger partial charge in [-0.25, -0.2) is 8.78 Å². The molecule has 11 heteroatoms. The van der Waals surface area contributed by atoms with Crippen molar-refractivity contribution >= 4 is 45.7 Å². The number of hydrogen-bond acceptors (Lipinski definition) is 7. The Hall–Kier alpha value is -4.51. The van der Waals surface area contributed by atoms with Gasteiger partial charge in [0.25, 0.3) is 5.91 Å². The van der Waals surface area contributed by atoms with Gasteiger partial charge in [-0.15, -0.1) is 0 Å². The second-order valence-corrected chi connectivity index (χ2v) is 9.27. The number of hydrogen-bond donors (Lipinski definition) is 4. The van der Waals surface area contributed by atoms with Crippen molar-refractivity contribution in [1.29, 1.82) is 0 Å². The van der Waals surface area contributed by atoms with E-state index in [1.807, 2.05) is 18.2 Å². The summed E-state index contributed by atoms with van der Waals surface area (Å²) in [5, 5.41) is 6.67. The van der Waals surface area contributed by atoms with Crippen LogP contribution in [0.4, 0.5) is 31.9 Å². The fraction of sp³-hybridized carbons (Fsp3) is 0.250. The maximum Gasteiger partial charge on any atom is 0.250 e. The largest absolute Gasteiger partial charge is 0.495 e. The minimum Gasteiger partial charge on any atom is -0.495 e. The van der Waals surface area contributed by atoms with E-state index in [2.05, 4.69) is 43.5 Å². The summed E-state index contributed by atoms with van der Waals surface area (Å²) in [5.74, 6) is -2.13. The number of aromatic amines is 1. The number of methoxy groups -OCH3 is 1. The second-order valence-electron chi connectivity index (χ2n) is 9.27. The molecular formula is C28H29F2N7O2. The van der Waals surface area contributed by atoms with E-state index in [0.29, 0.717) is 22.5 Å². The molecule has 0 radical (unpaired) electrons. The highest BCUT2D eigenvalue weighted by Gasteiger charge is 2.18. The lowest BCUT2D eigenvalue weighted by atomic mass is 10.00. The molecule has 0 atom stereocenters. The maximum absolute atomic E-state index is 14.0. The van der Waals surface area contributed by atoms with Gasteiger partial charge in [0.15, 0.2) is 11.6 Å². The highest BCUT2D eigenvalue weighted by molar-refractivity contribution is 6.00. The fourth-order valence-corrected chi connectivity index (χ4v) is 4.71. The zero-order valence-corrected chi connectivity index (χ0v) is 21.6. The average molecular weight is 534 g/mol. The van der Waals surface area contributed by atoms with Gasteiger partial charge >= 0.3 is 0 Å². The van der Waals surface area contributed by atoms with E-state index in [9.17, 15) is 13.6 Å². The summed E-state index contributed by atoms with van der Waals surface area (Å²) in [6, 6.07) is 9.26. The van der Waals surface area contributed by atoms with E-state index in [4.69, 9.17) is 10.5 Å². The van der Waals surface area contributed by atoms with Gasteiger partial charge in [0.1, 0.15) is 17.2 Å². The van der Waals surface area contributed by atoms with E-state index < -0.39 is 17.5 Å². The van der Waals surface area contributed by atoms with Crippen molar-refractivity contribution < 1.29 is 18.3 Å². The SMILES string of the molecule is CCCN1CCC=C(c2ccc(Nc3nc(Nc4cc(F)c(F)cc4C(N)=O)c4cc[nH]c4n3)c(OC)c2)C1. The third-order valence-corrected chi connectivity index (χ3v) is 6.58. The summed E-state index contributed by atoms with van der Waals surface area (Å²) in [6.07, 6.45) is 6.06. The molecule has 5 N–H and O–H groups in total. The molecule has 0 saturated heterocycles. The molecule has 9 nitrogen and oxygen atoms in total. The Morgan fingerprint density at radius 1 is 1.13 bits per heavy atom. The number of anilines is 4. The van der Waals surface area contributed by atoms with Crippen molar-refractivity contribution in [2.45, 2.75) is 19.8 Å². The number of nitrogens with one attached hydrogen (secondary N) is 3. The molecule has 3 heterocycles. The summed E-state index contributed by atoms with van der Waals surface area (Å²) < 4.78 is 33.5. The van der Waals surface area contributed by atoms with Crippen LogP contribution < -0.4 is 21.1 Å². The van der Waals surface area contributed by atoms with Gasteiger partial charge < -0.3 is 26.1 Å². The highest BCUT2D eigenvalue weighted by atomic mass is 19.2. The van der Waals surface area contributed by atoms with Crippen molar-refractivity contribution in [3.05, 3.63) is 71.4 Å². The first-order valence-corrected chi connectivity index (χ1v) is 12.6. The summed E-state index contributed by atoms with van der Waals surface area (Å²) in [4.78, 5) is 26.4. The predicted molar refractivity (Wildman–Crippen MR) is 148 cm³/mol. The molecule has 0 saturated carbocycles. The fourth-order valence-electron chi connectivity index (χ4n) is 4.71. The van der Waals surface area contributed by atoms with Crippen LogP contribution in [0.25, 0.3) is 16.6 Å². The van der Waals surface area contributed by atoms with Gasteiger partial charge in [-0.3, -0.25) is 9.69 Å². The minimum absolute atomic E-state index is 0.0200. The normalized spacial score (nSPS) is 13.8. The molecule has 2 aromatic carbocycles. The maximum atomic E-state index is 14.0.